The average molecular weight is 230 g/mol. The number of aliphatic hydroxyl groups is 1. The zero-order chi connectivity index (χ0) is 12.8. The van der Waals surface area contributed by atoms with Gasteiger partial charge < -0.3 is 9.84 Å². The molecule has 0 saturated carbocycles. The van der Waals surface area contributed by atoms with E-state index in [9.17, 15) is 9.90 Å². The number of ether oxygens (including phenoxy) is 1. The van der Waals surface area contributed by atoms with Crippen molar-refractivity contribution in [2.24, 2.45) is 11.3 Å². The first-order valence-corrected chi connectivity index (χ1v) is 6.21. The molecular formula is C13H26O3. The fraction of sp³-hybridized carbons (Fsp3) is 0.923. The third kappa shape index (κ3) is 5.50. The van der Waals surface area contributed by atoms with E-state index >= 15 is 0 Å². The summed E-state index contributed by atoms with van der Waals surface area (Å²) in [7, 11) is 0. The van der Waals surface area contributed by atoms with E-state index in [0.717, 1.165) is 25.7 Å². The molecule has 16 heavy (non-hydrogen) atoms. The molecule has 0 aromatic rings. The first kappa shape index (κ1) is 15.4. The minimum Gasteiger partial charge on any atom is -0.435 e. The van der Waals surface area contributed by atoms with Crippen molar-refractivity contribution in [2.75, 3.05) is 0 Å². The van der Waals surface area contributed by atoms with Crippen LogP contribution in [0.5, 0.6) is 0 Å². The Morgan fingerprint density at radius 3 is 2.25 bits per heavy atom. The number of esters is 1. The average Bonchev–Trinajstić information content (AvgIpc) is 2.17. The maximum absolute atomic E-state index is 11.8. The number of rotatable bonds is 6. The maximum atomic E-state index is 11.8. The predicted molar refractivity (Wildman–Crippen MR) is 64.9 cm³/mol. The minimum atomic E-state index is -1.02. The van der Waals surface area contributed by atoms with E-state index in [1.807, 2.05) is 27.7 Å². The molecule has 0 fully saturated rings. The van der Waals surface area contributed by atoms with E-state index in [2.05, 4.69) is 6.92 Å². The van der Waals surface area contributed by atoms with Crippen molar-refractivity contribution in [3.8, 4) is 0 Å². The zero-order valence-corrected chi connectivity index (χ0v) is 11.2. The first-order valence-electron chi connectivity index (χ1n) is 6.21. The zero-order valence-electron chi connectivity index (χ0n) is 11.2. The molecule has 0 bridgehead atoms. The van der Waals surface area contributed by atoms with Crippen LogP contribution < -0.4 is 0 Å². The molecule has 1 N–H and O–H groups in total. The van der Waals surface area contributed by atoms with Crippen LogP contribution in [-0.4, -0.2) is 17.4 Å². The number of hydrogen-bond acceptors (Lipinski definition) is 3. The third-order valence-electron chi connectivity index (χ3n) is 2.70. The molecule has 2 unspecified atom stereocenters. The van der Waals surface area contributed by atoms with Gasteiger partial charge in [0.05, 0.1) is 5.92 Å². The summed E-state index contributed by atoms with van der Waals surface area (Å²) in [4.78, 5) is 11.8. The van der Waals surface area contributed by atoms with Crippen LogP contribution in [0.4, 0.5) is 0 Å². The topological polar surface area (TPSA) is 46.5 Å². The highest BCUT2D eigenvalue weighted by molar-refractivity contribution is 5.72. The molecule has 0 aliphatic carbocycles. The largest absolute Gasteiger partial charge is 0.435 e. The molecule has 0 spiro atoms. The Morgan fingerprint density at radius 2 is 1.88 bits per heavy atom. The van der Waals surface area contributed by atoms with Gasteiger partial charge in [-0.25, -0.2) is 0 Å². The molecule has 3 heteroatoms. The SMILES string of the molecule is CCCCC(CC)C(=O)OC(O)C(C)(C)C. The highest BCUT2D eigenvalue weighted by Crippen LogP contribution is 2.22. The van der Waals surface area contributed by atoms with Gasteiger partial charge in [0.15, 0.2) is 0 Å². The van der Waals surface area contributed by atoms with Crippen LogP contribution in [0.2, 0.25) is 0 Å². The summed E-state index contributed by atoms with van der Waals surface area (Å²) in [5.74, 6) is -0.338. The van der Waals surface area contributed by atoms with E-state index in [1.165, 1.54) is 0 Å². The number of hydrogen-bond donors (Lipinski definition) is 1. The second-order valence-corrected chi connectivity index (χ2v) is 5.40. The highest BCUT2D eigenvalue weighted by atomic mass is 16.6. The smallest absolute Gasteiger partial charge is 0.311 e. The lowest BCUT2D eigenvalue weighted by Crippen LogP contribution is -2.33. The van der Waals surface area contributed by atoms with Gasteiger partial charge in [-0.15, -0.1) is 0 Å². The normalized spacial score (nSPS) is 15.6. The Balaban J connectivity index is 4.21. The molecular weight excluding hydrogens is 204 g/mol. The Morgan fingerprint density at radius 1 is 1.31 bits per heavy atom. The van der Waals surface area contributed by atoms with Gasteiger partial charge in [0.2, 0.25) is 6.29 Å². The highest BCUT2D eigenvalue weighted by Gasteiger charge is 2.28. The second kappa shape index (κ2) is 6.89. The van der Waals surface area contributed by atoms with Crippen molar-refractivity contribution < 1.29 is 14.6 Å². The van der Waals surface area contributed by atoms with Crippen LogP contribution in [0.3, 0.4) is 0 Å². The van der Waals surface area contributed by atoms with E-state index in [4.69, 9.17) is 4.74 Å². The number of carbonyl (C=O) groups is 1. The van der Waals surface area contributed by atoms with Crippen molar-refractivity contribution in [2.45, 2.75) is 66.6 Å². The van der Waals surface area contributed by atoms with E-state index in [-0.39, 0.29) is 11.9 Å². The minimum absolute atomic E-state index is 0.0723. The Hall–Kier alpha value is -0.570. The summed E-state index contributed by atoms with van der Waals surface area (Å²) < 4.78 is 5.08. The summed E-state index contributed by atoms with van der Waals surface area (Å²) in [6.07, 6.45) is 2.71. The van der Waals surface area contributed by atoms with Crippen molar-refractivity contribution in [3.05, 3.63) is 0 Å². The van der Waals surface area contributed by atoms with Gasteiger partial charge in [-0.1, -0.05) is 47.5 Å². The molecule has 96 valence electrons. The fourth-order valence-electron chi connectivity index (χ4n) is 1.32. The molecule has 0 aliphatic heterocycles. The summed E-state index contributed by atoms with van der Waals surface area (Å²) in [5, 5.41) is 9.68. The van der Waals surface area contributed by atoms with Gasteiger partial charge >= 0.3 is 5.97 Å². The monoisotopic (exact) mass is 230 g/mol. The van der Waals surface area contributed by atoms with Gasteiger partial charge in [-0.05, 0) is 12.8 Å². The van der Waals surface area contributed by atoms with Crippen LogP contribution in [0, 0.1) is 11.3 Å². The Kier molecular flexibility index (Phi) is 6.65. The number of aliphatic hydroxyl groups excluding tert-OH is 1. The standard InChI is InChI=1S/C13H26O3/c1-6-8-9-10(7-2)11(14)16-12(15)13(3,4)5/h10,12,15H,6-9H2,1-5H3. The van der Waals surface area contributed by atoms with Crippen molar-refractivity contribution in [1.29, 1.82) is 0 Å². The number of unbranched alkanes of at least 4 members (excludes halogenated alkanes) is 1. The van der Waals surface area contributed by atoms with Crippen molar-refractivity contribution in [1.82, 2.24) is 0 Å². The first-order chi connectivity index (χ1) is 7.32. The predicted octanol–water partition coefficient (Wildman–Crippen LogP) is 3.11. The third-order valence-corrected chi connectivity index (χ3v) is 2.70. The van der Waals surface area contributed by atoms with E-state index in [0.29, 0.717) is 0 Å². The quantitative estimate of drug-likeness (QED) is 0.563. The molecule has 2 atom stereocenters. The Labute approximate surface area is 99.2 Å². The molecule has 0 amide bonds. The lowest BCUT2D eigenvalue weighted by atomic mass is 9.95. The molecule has 0 rings (SSSR count). The van der Waals surface area contributed by atoms with Crippen LogP contribution in [0.15, 0.2) is 0 Å². The second-order valence-electron chi connectivity index (χ2n) is 5.40. The van der Waals surface area contributed by atoms with Crippen molar-refractivity contribution >= 4 is 5.97 Å². The van der Waals surface area contributed by atoms with Gasteiger partial charge in [0.25, 0.3) is 0 Å². The maximum Gasteiger partial charge on any atom is 0.311 e. The lowest BCUT2D eigenvalue weighted by molar-refractivity contribution is -0.191. The molecule has 0 radical (unpaired) electrons. The van der Waals surface area contributed by atoms with Gasteiger partial charge in [0, 0.05) is 5.41 Å². The van der Waals surface area contributed by atoms with Gasteiger partial charge in [0.1, 0.15) is 0 Å². The van der Waals surface area contributed by atoms with Crippen molar-refractivity contribution in [3.63, 3.8) is 0 Å². The van der Waals surface area contributed by atoms with Crippen LogP contribution in [0.25, 0.3) is 0 Å². The molecule has 0 aliphatic rings. The molecule has 3 nitrogen and oxygen atoms in total. The molecule has 0 aromatic heterocycles. The van der Waals surface area contributed by atoms with E-state index in [1.54, 1.807) is 0 Å². The summed E-state index contributed by atoms with van der Waals surface area (Å²) in [5.41, 5.74) is -0.418. The number of carbonyl (C=O) groups excluding carboxylic acids is 1. The fourth-order valence-corrected chi connectivity index (χ4v) is 1.32. The summed E-state index contributed by atoms with van der Waals surface area (Å²) in [6, 6.07) is 0. The summed E-state index contributed by atoms with van der Waals surface area (Å²) >= 11 is 0. The van der Waals surface area contributed by atoms with Gasteiger partial charge in [-0.2, -0.15) is 0 Å². The molecule has 0 aromatic carbocycles. The van der Waals surface area contributed by atoms with Crippen LogP contribution in [0.1, 0.15) is 60.3 Å². The molecule has 0 heterocycles. The van der Waals surface area contributed by atoms with Crippen LogP contribution >= 0.6 is 0 Å². The van der Waals surface area contributed by atoms with Crippen LogP contribution in [-0.2, 0) is 9.53 Å². The summed E-state index contributed by atoms with van der Waals surface area (Å²) in [6.45, 7) is 9.61. The Bertz CT molecular complexity index is 206. The lowest BCUT2D eigenvalue weighted by Gasteiger charge is -2.26. The van der Waals surface area contributed by atoms with E-state index < -0.39 is 11.7 Å². The van der Waals surface area contributed by atoms with Gasteiger partial charge in [-0.3, -0.25) is 4.79 Å². The molecule has 0 saturated heterocycles.